The number of esters is 5. The van der Waals surface area contributed by atoms with E-state index in [0.29, 0.717) is 0 Å². The molecule has 2 N–H and O–H groups in total. The van der Waals surface area contributed by atoms with Crippen LogP contribution in [0.3, 0.4) is 0 Å². The van der Waals surface area contributed by atoms with Crippen molar-refractivity contribution in [3.63, 3.8) is 0 Å². The first-order valence-electron chi connectivity index (χ1n) is 18.1. The normalized spacial score (nSPS) is 51.4. The van der Waals surface area contributed by atoms with E-state index in [1.165, 1.54) is 13.2 Å². The topological polar surface area (TPSA) is 221 Å². The molecule has 7 fully saturated rings. The van der Waals surface area contributed by atoms with Crippen LogP contribution < -0.4 is 0 Å². The maximum atomic E-state index is 14.3. The Bertz CT molecular complexity index is 1780. The van der Waals surface area contributed by atoms with Crippen LogP contribution in [0.4, 0.5) is 0 Å². The van der Waals surface area contributed by atoms with Gasteiger partial charge in [-0.15, -0.1) is 0 Å². The Hall–Kier alpha value is -3.61. The summed E-state index contributed by atoms with van der Waals surface area (Å²) in [6.07, 6.45) is -3.16. The van der Waals surface area contributed by atoms with Crippen LogP contribution in [0.25, 0.3) is 0 Å². The number of carbonyl (C=O) groups excluding carboxylic acids is 5. The van der Waals surface area contributed by atoms with Gasteiger partial charge in [-0.05, 0) is 27.2 Å². The molecule has 17 nitrogen and oxygen atoms in total. The van der Waals surface area contributed by atoms with Gasteiger partial charge in [0.05, 0.1) is 52.0 Å². The van der Waals surface area contributed by atoms with E-state index in [0.717, 1.165) is 21.1 Å². The molecular weight excluding hydrogens is 716 g/mol. The predicted octanol–water partition coefficient (Wildman–Crippen LogP) is 0.368. The lowest BCUT2D eigenvalue weighted by Gasteiger charge is -2.65. The molecule has 0 aromatic heterocycles. The van der Waals surface area contributed by atoms with E-state index < -0.39 is 136 Å². The zero-order chi connectivity index (χ0) is 39.2. The van der Waals surface area contributed by atoms with Crippen molar-refractivity contribution < 1.29 is 81.6 Å². The number of hydrogen-bond donors (Lipinski definition) is 2. The maximum absolute atomic E-state index is 14.3. The summed E-state index contributed by atoms with van der Waals surface area (Å²) in [5, 5.41) is 25.8. The molecule has 3 aliphatic carbocycles. The highest BCUT2D eigenvalue weighted by atomic mass is 16.7. The van der Waals surface area contributed by atoms with Gasteiger partial charge < -0.3 is 57.6 Å². The minimum atomic E-state index is -2.85. The summed E-state index contributed by atoms with van der Waals surface area (Å²) in [5.41, 5.74) is -9.49. The summed E-state index contributed by atoms with van der Waals surface area (Å²) < 4.78 is 60.5. The molecule has 0 unspecified atom stereocenters. The summed E-state index contributed by atoms with van der Waals surface area (Å²) in [4.78, 5) is 67.2. The van der Waals surface area contributed by atoms with Gasteiger partial charge in [0.2, 0.25) is 11.9 Å². The van der Waals surface area contributed by atoms with Crippen LogP contribution in [0.5, 0.6) is 0 Å². The largest absolute Gasteiger partial charge is 0.468 e. The molecule has 0 aromatic rings. The summed E-state index contributed by atoms with van der Waals surface area (Å²) in [6.45, 7) is 8.09. The van der Waals surface area contributed by atoms with Crippen LogP contribution in [0, 0.1) is 34.0 Å². The van der Waals surface area contributed by atoms with E-state index in [4.69, 9.17) is 47.4 Å². The first-order valence-corrected chi connectivity index (χ1v) is 18.1. The van der Waals surface area contributed by atoms with Crippen molar-refractivity contribution in [1.29, 1.82) is 0 Å². The van der Waals surface area contributed by atoms with Crippen molar-refractivity contribution in [1.82, 2.24) is 0 Å². The summed E-state index contributed by atoms with van der Waals surface area (Å²) >= 11 is 0. The molecule has 0 amide bonds. The fourth-order valence-electron chi connectivity index (χ4n) is 12.6. The van der Waals surface area contributed by atoms with E-state index in [2.05, 4.69) is 0 Å². The minimum Gasteiger partial charge on any atom is -0.468 e. The van der Waals surface area contributed by atoms with E-state index >= 15 is 0 Å². The van der Waals surface area contributed by atoms with Gasteiger partial charge in [0.15, 0.2) is 0 Å². The Kier molecular flexibility index (Phi) is 7.93. The van der Waals surface area contributed by atoms with Crippen molar-refractivity contribution >= 4 is 29.8 Å². The van der Waals surface area contributed by atoms with E-state index in [1.54, 1.807) is 39.8 Å². The second-order valence-corrected chi connectivity index (χ2v) is 16.3. The molecule has 16 atom stereocenters. The van der Waals surface area contributed by atoms with Crippen molar-refractivity contribution in [3.05, 3.63) is 24.0 Å². The van der Waals surface area contributed by atoms with Gasteiger partial charge in [-0.25, -0.2) is 9.59 Å². The number of allylic oxidation sites excluding steroid dienone is 1. The standard InChI is InChI=1S/C37H46O17/c1-9-16(2)26(41)51-20-13-21(50-17(3)38)34(28(42)45-7)14-48-23-24(34)33(20)15-49-36(44,29(43)46-8)27(33)31(5,25(23)40)37-22-12-19(32(37,6)54-37)35(53-18(4)39)10-11-47-30(35)52-22/h9-11,19-25,27,30,40,44H,12-15H2,1-8H3/b16-9+/t19-,20-,21+,22-,23+,24+,25+,27-,30-,31+,32-,33-,34-,35+,36-,37-/m0/s1. The SMILES string of the molecule is C/C=C(\C)C(=O)O[C@H]1C[C@@H](OC(C)=O)[C@@]2(C(=O)OC)CO[C@H]3[C@@H](O)[C@@](C)([C@]45O[C@@]4(C)[C@@H]4C[C@@H]5O[C@@H]5OC=C[C@]54OC(C)=O)[C@H]4[C@]1(CO[C@]4(O)C(=O)OC)[C@@H]32. The molecule has 17 heteroatoms. The van der Waals surface area contributed by atoms with Gasteiger partial charge in [-0.3, -0.25) is 14.4 Å². The first kappa shape index (κ1) is 37.3. The Morgan fingerprint density at radius 1 is 0.926 bits per heavy atom. The number of hydrogen-bond acceptors (Lipinski definition) is 17. The number of epoxide rings is 1. The minimum absolute atomic E-state index is 0.224. The van der Waals surface area contributed by atoms with Crippen molar-refractivity contribution in [2.75, 3.05) is 27.4 Å². The Labute approximate surface area is 310 Å². The highest BCUT2D eigenvalue weighted by Gasteiger charge is 2.97. The molecule has 8 aliphatic rings. The van der Waals surface area contributed by atoms with Gasteiger partial charge in [0, 0.05) is 60.5 Å². The fraction of sp³-hybridized carbons (Fsp3) is 0.757. The maximum Gasteiger partial charge on any atom is 0.366 e. The van der Waals surface area contributed by atoms with Gasteiger partial charge in [0.1, 0.15) is 28.8 Å². The smallest absolute Gasteiger partial charge is 0.366 e. The van der Waals surface area contributed by atoms with Crippen LogP contribution in [-0.4, -0.2) is 127 Å². The number of carbonyl (C=O) groups is 5. The van der Waals surface area contributed by atoms with Gasteiger partial charge in [-0.1, -0.05) is 13.0 Å². The molecule has 0 radical (unpaired) electrons. The highest BCUT2D eigenvalue weighted by Crippen LogP contribution is 2.83. The molecule has 296 valence electrons. The fourth-order valence-corrected chi connectivity index (χ4v) is 12.6. The van der Waals surface area contributed by atoms with Gasteiger partial charge in [-0.2, -0.15) is 0 Å². The van der Waals surface area contributed by atoms with Crippen LogP contribution in [0.2, 0.25) is 0 Å². The first-order chi connectivity index (χ1) is 25.4. The molecule has 0 aromatic carbocycles. The Morgan fingerprint density at radius 3 is 2.26 bits per heavy atom. The second-order valence-electron chi connectivity index (χ2n) is 16.3. The molecule has 54 heavy (non-hydrogen) atoms. The van der Waals surface area contributed by atoms with Crippen molar-refractivity contribution in [3.8, 4) is 0 Å². The molecule has 1 spiro atoms. The summed E-state index contributed by atoms with van der Waals surface area (Å²) in [6, 6.07) is 0. The predicted molar refractivity (Wildman–Crippen MR) is 174 cm³/mol. The van der Waals surface area contributed by atoms with E-state index in [1.807, 2.05) is 0 Å². The third kappa shape index (κ3) is 3.97. The monoisotopic (exact) mass is 762 g/mol. The summed E-state index contributed by atoms with van der Waals surface area (Å²) in [5.74, 6) is -10.5. The zero-order valence-electron chi connectivity index (χ0n) is 31.3. The van der Waals surface area contributed by atoms with Crippen LogP contribution >= 0.6 is 0 Å². The lowest BCUT2D eigenvalue weighted by atomic mass is 9.37. The lowest BCUT2D eigenvalue weighted by molar-refractivity contribution is -0.315. The zero-order valence-corrected chi connectivity index (χ0v) is 31.3. The number of methoxy groups -OCH3 is 2. The van der Waals surface area contributed by atoms with Crippen molar-refractivity contribution in [2.24, 2.45) is 34.0 Å². The Balaban J connectivity index is 1.39. The molecular formula is C37H46O17. The van der Waals surface area contributed by atoms with Crippen LogP contribution in [0.1, 0.15) is 54.4 Å². The number of ether oxygens (including phenoxy) is 10. The third-order valence-electron chi connectivity index (χ3n) is 14.4. The van der Waals surface area contributed by atoms with Crippen molar-refractivity contribution in [2.45, 2.75) is 114 Å². The quantitative estimate of drug-likeness (QED) is 0.155. The third-order valence-corrected chi connectivity index (χ3v) is 14.4. The molecule has 5 aliphatic heterocycles. The second kappa shape index (κ2) is 11.5. The number of rotatable bonds is 7. The van der Waals surface area contributed by atoms with Gasteiger partial charge >= 0.3 is 29.8 Å². The number of aliphatic hydroxyl groups excluding tert-OH is 1. The average molecular weight is 763 g/mol. The van der Waals surface area contributed by atoms with E-state index in [-0.39, 0.29) is 18.4 Å². The Morgan fingerprint density at radius 2 is 1.63 bits per heavy atom. The molecule has 8 rings (SSSR count). The van der Waals surface area contributed by atoms with Crippen LogP contribution in [0.15, 0.2) is 24.0 Å². The molecule has 5 heterocycles. The number of aliphatic hydroxyl groups is 2. The van der Waals surface area contributed by atoms with Crippen LogP contribution in [-0.2, 0) is 71.3 Å². The average Bonchev–Trinajstić information content (AvgIpc) is 3.51. The van der Waals surface area contributed by atoms with E-state index in [9.17, 15) is 34.2 Å². The highest BCUT2D eigenvalue weighted by molar-refractivity contribution is 5.88. The molecule has 4 saturated heterocycles. The van der Waals surface area contributed by atoms with Gasteiger partial charge in [0.25, 0.3) is 5.79 Å². The molecule has 3 saturated carbocycles. The lowest BCUT2D eigenvalue weighted by Crippen LogP contribution is -2.79. The number of fused-ring (bicyclic) bond motifs is 7. The summed E-state index contributed by atoms with van der Waals surface area (Å²) in [7, 11) is 2.22. The molecule has 2 bridgehead atoms.